The van der Waals surface area contributed by atoms with Gasteiger partial charge in [-0.1, -0.05) is 0 Å². The second kappa shape index (κ2) is 11.7. The quantitative estimate of drug-likeness (QED) is 0.376. The average molecular weight is 540 g/mol. The lowest BCUT2D eigenvalue weighted by molar-refractivity contribution is 0.176. The van der Waals surface area contributed by atoms with Crippen LogP contribution in [0.1, 0.15) is 25.7 Å². The van der Waals surface area contributed by atoms with Crippen molar-refractivity contribution in [2.24, 2.45) is 0 Å². The Labute approximate surface area is 223 Å². The van der Waals surface area contributed by atoms with Crippen molar-refractivity contribution in [3.63, 3.8) is 0 Å². The molecule has 0 amide bonds. The highest BCUT2D eigenvalue weighted by molar-refractivity contribution is 7.89. The number of benzene rings is 2. The maximum atomic E-state index is 13.8. The zero-order valence-electron chi connectivity index (χ0n) is 21.5. The lowest BCUT2D eigenvalue weighted by Gasteiger charge is -2.37. The van der Waals surface area contributed by atoms with E-state index < -0.39 is 10.0 Å². The zero-order valence-corrected chi connectivity index (χ0v) is 22.3. The fourth-order valence-corrected chi connectivity index (χ4v) is 6.73. The standard InChI is InChI=1S/C27H34FN7O2S/c1-34-17-13-24(14-18-34)35(19-23-3-2-15-29-23)38(36,37)25-10-8-22(9-11-25)32-27-30-16-12-26(33-27)31-21-6-4-20(28)5-7-21/h4-12,16,23-24,29H,2-3,13-15,17-19H2,1H3,(H2,30,31,32,33)/t23-/m0/s1. The van der Waals surface area contributed by atoms with Crippen molar-refractivity contribution in [2.45, 2.75) is 42.7 Å². The number of sulfonamides is 1. The van der Waals surface area contributed by atoms with Gasteiger partial charge in [-0.3, -0.25) is 0 Å². The summed E-state index contributed by atoms with van der Waals surface area (Å²) < 4.78 is 42.5. The first kappa shape index (κ1) is 26.5. The summed E-state index contributed by atoms with van der Waals surface area (Å²) in [5, 5.41) is 9.69. The Kier molecular flexibility index (Phi) is 8.18. The molecule has 2 aliphatic rings. The number of hydrogen-bond donors (Lipinski definition) is 3. The van der Waals surface area contributed by atoms with Gasteiger partial charge in [0, 0.05) is 36.2 Å². The lowest BCUT2D eigenvalue weighted by atomic mass is 10.1. The van der Waals surface area contributed by atoms with Gasteiger partial charge in [-0.25, -0.2) is 17.8 Å². The van der Waals surface area contributed by atoms with Gasteiger partial charge in [0.1, 0.15) is 11.6 Å². The minimum Gasteiger partial charge on any atom is -0.340 e. The third-order valence-corrected chi connectivity index (χ3v) is 9.08. The fourth-order valence-electron chi connectivity index (χ4n) is 5.00. The summed E-state index contributed by atoms with van der Waals surface area (Å²) in [6.07, 6.45) is 5.35. The monoisotopic (exact) mass is 539 g/mol. The number of likely N-dealkylation sites (tertiary alicyclic amines) is 1. The molecule has 3 N–H and O–H groups in total. The van der Waals surface area contributed by atoms with Gasteiger partial charge in [-0.2, -0.15) is 9.29 Å². The van der Waals surface area contributed by atoms with Crippen molar-refractivity contribution < 1.29 is 12.8 Å². The SMILES string of the molecule is CN1CCC(N(C[C@@H]2CCCN2)S(=O)(=O)c2ccc(Nc3nccc(Nc4ccc(F)cc4)n3)cc2)CC1. The molecule has 1 atom stereocenters. The van der Waals surface area contributed by atoms with Crippen LogP contribution in [0.25, 0.3) is 0 Å². The highest BCUT2D eigenvalue weighted by Crippen LogP contribution is 2.27. The Morgan fingerprint density at radius 3 is 2.37 bits per heavy atom. The van der Waals surface area contributed by atoms with Crippen molar-refractivity contribution in [1.82, 2.24) is 24.5 Å². The molecule has 5 rings (SSSR count). The van der Waals surface area contributed by atoms with Crippen molar-refractivity contribution >= 4 is 33.2 Å². The Hall–Kier alpha value is -3.12. The molecule has 2 aromatic carbocycles. The molecule has 38 heavy (non-hydrogen) atoms. The van der Waals surface area contributed by atoms with E-state index in [-0.39, 0.29) is 22.8 Å². The molecule has 3 aromatic rings. The highest BCUT2D eigenvalue weighted by Gasteiger charge is 2.35. The molecule has 202 valence electrons. The van der Waals surface area contributed by atoms with Crippen molar-refractivity contribution in [2.75, 3.05) is 43.9 Å². The first-order valence-corrected chi connectivity index (χ1v) is 14.5. The van der Waals surface area contributed by atoms with E-state index in [4.69, 9.17) is 0 Å². The molecule has 0 radical (unpaired) electrons. The first-order chi connectivity index (χ1) is 18.4. The second-order valence-electron chi connectivity index (χ2n) is 9.95. The third-order valence-electron chi connectivity index (χ3n) is 7.15. The van der Waals surface area contributed by atoms with Gasteiger partial charge >= 0.3 is 0 Å². The largest absolute Gasteiger partial charge is 0.340 e. The molecule has 0 bridgehead atoms. The Bertz CT molecular complexity index is 1310. The third kappa shape index (κ3) is 6.47. The van der Waals surface area contributed by atoms with E-state index >= 15 is 0 Å². The highest BCUT2D eigenvalue weighted by atomic mass is 32.2. The number of anilines is 4. The minimum absolute atomic E-state index is 0.00106. The lowest BCUT2D eigenvalue weighted by Crippen LogP contribution is -2.50. The average Bonchev–Trinajstić information content (AvgIpc) is 3.43. The molecular weight excluding hydrogens is 505 g/mol. The number of nitrogens with one attached hydrogen (secondary N) is 3. The van der Waals surface area contributed by atoms with Gasteiger partial charge in [-0.15, -0.1) is 0 Å². The van der Waals surface area contributed by atoms with E-state index in [9.17, 15) is 12.8 Å². The summed E-state index contributed by atoms with van der Waals surface area (Å²) in [5.74, 6) is 0.589. The van der Waals surface area contributed by atoms with Crippen LogP contribution in [0.3, 0.4) is 0 Å². The molecule has 1 aromatic heterocycles. The number of piperidine rings is 1. The molecule has 11 heteroatoms. The van der Waals surface area contributed by atoms with Gasteiger partial charge in [0.2, 0.25) is 16.0 Å². The molecule has 2 fully saturated rings. The Morgan fingerprint density at radius 2 is 1.68 bits per heavy atom. The van der Waals surface area contributed by atoms with Crippen LogP contribution in [0, 0.1) is 5.82 Å². The zero-order chi connectivity index (χ0) is 26.5. The Balaban J connectivity index is 1.29. The maximum absolute atomic E-state index is 13.8. The predicted octanol–water partition coefficient (Wildman–Crippen LogP) is 3.94. The summed E-state index contributed by atoms with van der Waals surface area (Å²) in [6, 6.07) is 14.6. The van der Waals surface area contributed by atoms with Crippen molar-refractivity contribution in [3.05, 3.63) is 66.6 Å². The summed E-state index contributed by atoms with van der Waals surface area (Å²) >= 11 is 0. The number of hydrogen-bond acceptors (Lipinski definition) is 8. The number of rotatable bonds is 9. The van der Waals surface area contributed by atoms with Crippen LogP contribution in [0.15, 0.2) is 65.7 Å². The smallest absolute Gasteiger partial charge is 0.243 e. The molecule has 3 heterocycles. The second-order valence-corrected chi connectivity index (χ2v) is 11.8. The molecule has 2 saturated heterocycles. The molecule has 0 aliphatic carbocycles. The Morgan fingerprint density at radius 1 is 1.00 bits per heavy atom. The number of halogens is 1. The van der Waals surface area contributed by atoms with E-state index in [1.165, 1.54) is 12.1 Å². The summed E-state index contributed by atoms with van der Waals surface area (Å²) in [6.45, 7) is 3.23. The van der Waals surface area contributed by atoms with Crippen LogP contribution >= 0.6 is 0 Å². The van der Waals surface area contributed by atoms with Gasteiger partial charge < -0.3 is 20.9 Å². The van der Waals surface area contributed by atoms with E-state index in [0.717, 1.165) is 45.3 Å². The minimum atomic E-state index is -3.66. The number of nitrogens with zero attached hydrogens (tertiary/aromatic N) is 4. The van der Waals surface area contributed by atoms with Gasteiger partial charge in [0.25, 0.3) is 0 Å². The van der Waals surface area contributed by atoms with Gasteiger partial charge in [-0.05, 0) is 107 Å². The predicted molar refractivity (Wildman–Crippen MR) is 147 cm³/mol. The summed E-state index contributed by atoms with van der Waals surface area (Å²) in [5.41, 5.74) is 1.37. The van der Waals surface area contributed by atoms with Crippen LogP contribution in [0.4, 0.5) is 27.5 Å². The van der Waals surface area contributed by atoms with Gasteiger partial charge in [0.05, 0.1) is 4.90 Å². The molecule has 0 spiro atoms. The van der Waals surface area contributed by atoms with E-state index in [2.05, 4.69) is 37.9 Å². The van der Waals surface area contributed by atoms with Crippen molar-refractivity contribution in [3.8, 4) is 0 Å². The summed E-state index contributed by atoms with van der Waals surface area (Å²) in [4.78, 5) is 11.2. The van der Waals surface area contributed by atoms with Crippen LogP contribution < -0.4 is 16.0 Å². The maximum Gasteiger partial charge on any atom is 0.243 e. The van der Waals surface area contributed by atoms with E-state index in [1.807, 2.05) is 0 Å². The number of aromatic nitrogens is 2. The topological polar surface area (TPSA) is 102 Å². The molecule has 9 nitrogen and oxygen atoms in total. The van der Waals surface area contributed by atoms with Crippen LogP contribution in [-0.2, 0) is 10.0 Å². The molecular formula is C27H34FN7O2S. The van der Waals surface area contributed by atoms with Crippen LogP contribution in [0.5, 0.6) is 0 Å². The molecule has 0 unspecified atom stereocenters. The summed E-state index contributed by atoms with van der Waals surface area (Å²) in [7, 11) is -1.58. The molecule has 0 saturated carbocycles. The first-order valence-electron chi connectivity index (χ1n) is 13.0. The molecule has 2 aliphatic heterocycles. The van der Waals surface area contributed by atoms with Crippen LogP contribution in [-0.4, -0.2) is 72.9 Å². The van der Waals surface area contributed by atoms with E-state index in [1.54, 1.807) is 53.0 Å². The normalized spacial score (nSPS) is 19.1. The van der Waals surface area contributed by atoms with E-state index in [0.29, 0.717) is 29.7 Å². The van der Waals surface area contributed by atoms with Crippen molar-refractivity contribution in [1.29, 1.82) is 0 Å². The van der Waals surface area contributed by atoms with Crippen LogP contribution in [0.2, 0.25) is 0 Å². The fraction of sp³-hybridized carbons (Fsp3) is 0.407. The van der Waals surface area contributed by atoms with Gasteiger partial charge in [0.15, 0.2) is 0 Å².